The molecule has 3 rings (SSSR count). The van der Waals surface area contributed by atoms with Gasteiger partial charge in [-0.2, -0.15) is 0 Å². The summed E-state index contributed by atoms with van der Waals surface area (Å²) in [6.45, 7) is 1.09. The Labute approximate surface area is 162 Å². The molecular formula is C22H31N3O2. The summed E-state index contributed by atoms with van der Waals surface area (Å²) in [5.41, 5.74) is 3.85. The number of pyridine rings is 1. The second-order valence-corrected chi connectivity index (χ2v) is 7.60. The number of aromatic nitrogens is 1. The largest absolute Gasteiger partial charge is 0.481 e. The van der Waals surface area contributed by atoms with Gasteiger partial charge in [0.15, 0.2) is 0 Å². The maximum absolute atomic E-state index is 11.2. The maximum atomic E-state index is 11.2. The highest BCUT2D eigenvalue weighted by molar-refractivity contribution is 5.68. The van der Waals surface area contributed by atoms with E-state index in [0.29, 0.717) is 6.17 Å². The van der Waals surface area contributed by atoms with Crippen molar-refractivity contribution in [2.24, 2.45) is 0 Å². The topological polar surface area (TPSA) is 74.2 Å². The third kappa shape index (κ3) is 6.21. The number of carboxylic acids is 1. The van der Waals surface area contributed by atoms with E-state index < -0.39 is 5.97 Å². The first-order valence-corrected chi connectivity index (χ1v) is 10.2. The van der Waals surface area contributed by atoms with E-state index >= 15 is 0 Å². The quantitative estimate of drug-likeness (QED) is 0.541. The number of nitrogens with zero attached hydrogens (tertiary/aromatic N) is 1. The van der Waals surface area contributed by atoms with Crippen LogP contribution < -0.4 is 10.6 Å². The number of allylic oxidation sites excluding steroid dienone is 3. The predicted octanol–water partition coefficient (Wildman–Crippen LogP) is 4.10. The van der Waals surface area contributed by atoms with Crippen LogP contribution in [-0.2, 0) is 4.79 Å². The van der Waals surface area contributed by atoms with Crippen molar-refractivity contribution in [3.63, 3.8) is 0 Å². The first kappa shape index (κ1) is 19.6. The Morgan fingerprint density at radius 1 is 1.26 bits per heavy atom. The van der Waals surface area contributed by atoms with Gasteiger partial charge in [-0.3, -0.25) is 15.1 Å². The van der Waals surface area contributed by atoms with E-state index in [4.69, 9.17) is 5.11 Å². The van der Waals surface area contributed by atoms with Crippen molar-refractivity contribution >= 4 is 5.97 Å². The van der Waals surface area contributed by atoms with Crippen molar-refractivity contribution in [3.05, 3.63) is 53.5 Å². The van der Waals surface area contributed by atoms with Gasteiger partial charge in [0, 0.05) is 18.1 Å². The summed E-state index contributed by atoms with van der Waals surface area (Å²) in [6, 6.07) is 3.87. The van der Waals surface area contributed by atoms with E-state index in [1.54, 1.807) is 12.4 Å². The molecule has 0 bridgehead atoms. The number of unbranched alkanes of at least 4 members (excludes halogenated alkanes) is 3. The molecular weight excluding hydrogens is 338 g/mol. The number of nitrogens with one attached hydrogen (secondary N) is 2. The molecule has 1 aromatic heterocycles. The van der Waals surface area contributed by atoms with Crippen LogP contribution in [0.1, 0.15) is 69.3 Å². The molecule has 2 aliphatic rings. The lowest BCUT2D eigenvalue weighted by molar-refractivity contribution is -0.137. The Morgan fingerprint density at radius 3 is 2.96 bits per heavy atom. The number of carboxylic acid groups (broad SMARTS) is 1. The number of hydrogen-bond acceptors (Lipinski definition) is 4. The molecule has 1 saturated heterocycles. The van der Waals surface area contributed by atoms with Crippen LogP contribution in [0.4, 0.5) is 0 Å². The van der Waals surface area contributed by atoms with Gasteiger partial charge in [0.1, 0.15) is 0 Å². The Balaban J connectivity index is 1.35. The molecule has 146 valence electrons. The number of carbonyl (C=O) groups is 1. The number of hydrogen-bond donors (Lipinski definition) is 3. The van der Waals surface area contributed by atoms with E-state index in [2.05, 4.69) is 27.8 Å². The highest BCUT2D eigenvalue weighted by atomic mass is 16.4. The lowest BCUT2D eigenvalue weighted by atomic mass is 9.91. The fourth-order valence-electron chi connectivity index (χ4n) is 4.01. The van der Waals surface area contributed by atoms with E-state index in [0.717, 1.165) is 37.8 Å². The molecule has 5 heteroatoms. The van der Waals surface area contributed by atoms with Crippen molar-refractivity contribution in [2.45, 2.75) is 69.9 Å². The third-order valence-corrected chi connectivity index (χ3v) is 5.52. The fourth-order valence-corrected chi connectivity index (χ4v) is 4.01. The molecule has 1 fully saturated rings. The summed E-state index contributed by atoms with van der Waals surface area (Å²) >= 11 is 0. The number of dihydropyridines is 1. The maximum Gasteiger partial charge on any atom is 0.303 e. The zero-order valence-electron chi connectivity index (χ0n) is 16.0. The smallest absolute Gasteiger partial charge is 0.303 e. The van der Waals surface area contributed by atoms with Gasteiger partial charge >= 0.3 is 5.97 Å². The Kier molecular flexibility index (Phi) is 7.45. The zero-order chi connectivity index (χ0) is 18.9. The van der Waals surface area contributed by atoms with Crippen LogP contribution in [0.5, 0.6) is 0 Å². The van der Waals surface area contributed by atoms with Gasteiger partial charge < -0.3 is 10.4 Å². The van der Waals surface area contributed by atoms with Crippen molar-refractivity contribution in [2.75, 3.05) is 6.54 Å². The fraction of sp³-hybridized carbons (Fsp3) is 0.545. The minimum absolute atomic E-state index is 0.0693. The van der Waals surface area contributed by atoms with Gasteiger partial charge in [0.25, 0.3) is 0 Å². The lowest BCUT2D eigenvalue weighted by Gasteiger charge is -2.32. The van der Waals surface area contributed by atoms with E-state index in [-0.39, 0.29) is 12.3 Å². The highest BCUT2D eigenvalue weighted by Gasteiger charge is 2.20. The highest BCUT2D eigenvalue weighted by Crippen LogP contribution is 2.26. The molecule has 2 aliphatic heterocycles. The second kappa shape index (κ2) is 10.3. The van der Waals surface area contributed by atoms with Gasteiger partial charge in [-0.05, 0) is 67.8 Å². The van der Waals surface area contributed by atoms with Crippen LogP contribution in [0, 0.1) is 0 Å². The Hall–Kier alpha value is -2.14. The minimum atomic E-state index is -0.733. The summed E-state index contributed by atoms with van der Waals surface area (Å²) in [5, 5.41) is 16.3. The standard InChI is InChI=1S/C22H31N3O2/c26-21(27)15-18(19-9-5-13-23-16-19)7-3-1-2-4-10-20-12-11-17-8-6-14-24-22(17)25-20/h5,9,11-13,16,18,22,24-25H,1-4,6-8,10,14-15H2,(H,26,27)/t18-,22?/m1/s1. The van der Waals surface area contributed by atoms with Crippen LogP contribution in [0.2, 0.25) is 0 Å². The summed E-state index contributed by atoms with van der Waals surface area (Å²) in [5.74, 6) is -0.664. The van der Waals surface area contributed by atoms with Gasteiger partial charge in [0.05, 0.1) is 12.6 Å². The summed E-state index contributed by atoms with van der Waals surface area (Å²) in [6.07, 6.45) is 17.6. The normalized spacial score (nSPS) is 20.1. The molecule has 1 unspecified atom stereocenters. The van der Waals surface area contributed by atoms with Crippen molar-refractivity contribution in [1.82, 2.24) is 15.6 Å². The van der Waals surface area contributed by atoms with Crippen molar-refractivity contribution in [3.8, 4) is 0 Å². The van der Waals surface area contributed by atoms with Crippen LogP contribution in [0.25, 0.3) is 0 Å². The lowest BCUT2D eigenvalue weighted by Crippen LogP contribution is -2.47. The van der Waals surface area contributed by atoms with Crippen LogP contribution in [0.15, 0.2) is 47.9 Å². The van der Waals surface area contributed by atoms with Crippen LogP contribution in [0.3, 0.4) is 0 Å². The Bertz CT molecular complexity index is 669. The molecule has 27 heavy (non-hydrogen) atoms. The van der Waals surface area contributed by atoms with Gasteiger partial charge in [-0.25, -0.2) is 0 Å². The van der Waals surface area contributed by atoms with E-state index in [1.807, 2.05) is 12.1 Å². The van der Waals surface area contributed by atoms with E-state index in [9.17, 15) is 4.79 Å². The third-order valence-electron chi connectivity index (χ3n) is 5.52. The number of piperidine rings is 1. The molecule has 0 aliphatic carbocycles. The Morgan fingerprint density at radius 2 is 2.15 bits per heavy atom. The average Bonchev–Trinajstić information content (AvgIpc) is 2.70. The second-order valence-electron chi connectivity index (χ2n) is 7.60. The van der Waals surface area contributed by atoms with Crippen molar-refractivity contribution < 1.29 is 9.90 Å². The van der Waals surface area contributed by atoms with Crippen molar-refractivity contribution in [1.29, 1.82) is 0 Å². The number of aliphatic carboxylic acids is 1. The first-order chi connectivity index (χ1) is 13.2. The van der Waals surface area contributed by atoms with Crippen LogP contribution in [-0.4, -0.2) is 28.8 Å². The monoisotopic (exact) mass is 369 g/mol. The molecule has 3 heterocycles. The minimum Gasteiger partial charge on any atom is -0.481 e. The predicted molar refractivity (Wildman–Crippen MR) is 107 cm³/mol. The molecule has 2 atom stereocenters. The molecule has 3 N–H and O–H groups in total. The number of fused-ring (bicyclic) bond motifs is 1. The van der Waals surface area contributed by atoms with Gasteiger partial charge in [-0.1, -0.05) is 31.4 Å². The molecule has 0 aromatic carbocycles. The molecule has 0 radical (unpaired) electrons. The number of rotatable bonds is 10. The SMILES string of the molecule is O=C(O)C[C@@H](CCCCCCC1=CC=C2CCCNC2N1)c1cccnc1. The molecule has 5 nitrogen and oxygen atoms in total. The summed E-state index contributed by atoms with van der Waals surface area (Å²) in [4.78, 5) is 15.3. The van der Waals surface area contributed by atoms with Crippen LogP contribution >= 0.6 is 0 Å². The molecule has 0 spiro atoms. The van der Waals surface area contributed by atoms with Gasteiger partial charge in [-0.15, -0.1) is 0 Å². The summed E-state index contributed by atoms with van der Waals surface area (Å²) < 4.78 is 0. The zero-order valence-corrected chi connectivity index (χ0v) is 16.0. The summed E-state index contributed by atoms with van der Waals surface area (Å²) in [7, 11) is 0. The van der Waals surface area contributed by atoms with Gasteiger partial charge in [0.2, 0.25) is 0 Å². The molecule has 1 aromatic rings. The van der Waals surface area contributed by atoms with E-state index in [1.165, 1.54) is 37.0 Å². The first-order valence-electron chi connectivity index (χ1n) is 10.2. The molecule has 0 amide bonds. The molecule has 0 saturated carbocycles. The average molecular weight is 370 g/mol.